The highest BCUT2D eigenvalue weighted by atomic mass is 35.5. The minimum atomic E-state index is -1.31. The van der Waals surface area contributed by atoms with Crippen LogP contribution in [0, 0.1) is 0 Å². The summed E-state index contributed by atoms with van der Waals surface area (Å²) in [5, 5.41) is 17.7. The summed E-state index contributed by atoms with van der Waals surface area (Å²) in [6.45, 7) is 0. The second kappa shape index (κ2) is 3.94. The molecule has 0 radical (unpaired) electrons. The zero-order chi connectivity index (χ0) is 10.9. The maximum atomic E-state index is 10.7. The molecule has 0 aliphatic rings. The van der Waals surface area contributed by atoms with Crippen molar-refractivity contribution in [1.82, 2.24) is 0 Å². The number of carboxylic acid groups (broad SMARTS) is 1. The largest absolute Gasteiger partial charge is 0.503 e. The van der Waals surface area contributed by atoms with Crippen LogP contribution in [-0.4, -0.2) is 23.3 Å². The summed E-state index contributed by atoms with van der Waals surface area (Å²) >= 11 is 11.2. The van der Waals surface area contributed by atoms with E-state index in [-0.39, 0.29) is 21.4 Å². The molecule has 0 aliphatic heterocycles. The Labute approximate surface area is 89.6 Å². The maximum absolute atomic E-state index is 10.7. The number of methoxy groups -OCH3 is 1. The van der Waals surface area contributed by atoms with Gasteiger partial charge in [0.15, 0.2) is 11.5 Å². The molecule has 2 N–H and O–H groups in total. The van der Waals surface area contributed by atoms with E-state index in [1.807, 2.05) is 0 Å². The standard InChI is InChI=1S/C8H6Cl2O4/c1-14-4-2-3(9)5(8(12)13)6(10)7(4)11/h2,11H,1H3,(H,12,13). The van der Waals surface area contributed by atoms with Crippen LogP contribution in [0.15, 0.2) is 6.07 Å². The fourth-order valence-corrected chi connectivity index (χ4v) is 1.54. The van der Waals surface area contributed by atoms with E-state index in [4.69, 9.17) is 33.0 Å². The van der Waals surface area contributed by atoms with Gasteiger partial charge in [-0.3, -0.25) is 0 Å². The molecule has 1 aromatic rings. The van der Waals surface area contributed by atoms with Crippen molar-refractivity contribution in [3.8, 4) is 11.5 Å². The Morgan fingerprint density at radius 1 is 1.50 bits per heavy atom. The highest BCUT2D eigenvalue weighted by Crippen LogP contribution is 2.40. The third-order valence-corrected chi connectivity index (χ3v) is 2.26. The Kier molecular flexibility index (Phi) is 3.08. The summed E-state index contributed by atoms with van der Waals surface area (Å²) < 4.78 is 4.73. The van der Waals surface area contributed by atoms with E-state index < -0.39 is 11.7 Å². The van der Waals surface area contributed by atoms with Crippen molar-refractivity contribution < 1.29 is 19.7 Å². The van der Waals surface area contributed by atoms with Gasteiger partial charge in [-0.1, -0.05) is 23.2 Å². The van der Waals surface area contributed by atoms with Crippen molar-refractivity contribution in [3.63, 3.8) is 0 Å². The Bertz CT molecular complexity index is 389. The van der Waals surface area contributed by atoms with E-state index in [9.17, 15) is 9.90 Å². The van der Waals surface area contributed by atoms with Crippen LogP contribution < -0.4 is 4.74 Å². The van der Waals surface area contributed by atoms with E-state index in [1.54, 1.807) is 0 Å². The number of benzene rings is 1. The lowest BCUT2D eigenvalue weighted by Gasteiger charge is -2.08. The predicted octanol–water partition coefficient (Wildman–Crippen LogP) is 2.41. The smallest absolute Gasteiger partial charge is 0.338 e. The molecule has 6 heteroatoms. The lowest BCUT2D eigenvalue weighted by Crippen LogP contribution is -2.00. The molecule has 1 aromatic carbocycles. The molecule has 0 saturated carbocycles. The van der Waals surface area contributed by atoms with Gasteiger partial charge in [0, 0.05) is 6.07 Å². The molecule has 0 unspecified atom stereocenters. The number of aromatic carboxylic acids is 1. The lowest BCUT2D eigenvalue weighted by molar-refractivity contribution is 0.0697. The van der Waals surface area contributed by atoms with Crippen LogP contribution in [0.4, 0.5) is 0 Å². The SMILES string of the molecule is COc1cc(Cl)c(C(=O)O)c(Cl)c1O. The number of phenolic OH excluding ortho intramolecular Hbond substituents is 1. The molecule has 0 aromatic heterocycles. The second-order valence-corrected chi connectivity index (χ2v) is 3.19. The van der Waals surface area contributed by atoms with Crippen molar-refractivity contribution in [2.75, 3.05) is 7.11 Å². The summed E-state index contributed by atoms with van der Waals surface area (Å²) in [7, 11) is 1.31. The van der Waals surface area contributed by atoms with Crippen LogP contribution in [0.3, 0.4) is 0 Å². The fourth-order valence-electron chi connectivity index (χ4n) is 0.939. The Balaban J connectivity index is 3.49. The van der Waals surface area contributed by atoms with Gasteiger partial charge in [0.2, 0.25) is 0 Å². The van der Waals surface area contributed by atoms with E-state index in [0.717, 1.165) is 0 Å². The minimum absolute atomic E-state index is 0.0324. The molecule has 1 rings (SSSR count). The number of aromatic hydroxyl groups is 1. The summed E-state index contributed by atoms with van der Waals surface area (Å²) in [6, 6.07) is 1.19. The summed E-state index contributed by atoms with van der Waals surface area (Å²) in [5.41, 5.74) is -0.341. The maximum Gasteiger partial charge on any atom is 0.338 e. The normalized spacial score (nSPS) is 9.93. The molecule has 0 bridgehead atoms. The van der Waals surface area contributed by atoms with Gasteiger partial charge in [-0.15, -0.1) is 0 Å². The topological polar surface area (TPSA) is 66.8 Å². The lowest BCUT2D eigenvalue weighted by atomic mass is 10.2. The first kappa shape index (κ1) is 10.9. The van der Waals surface area contributed by atoms with Gasteiger partial charge >= 0.3 is 5.97 Å². The minimum Gasteiger partial charge on any atom is -0.503 e. The first-order valence-electron chi connectivity index (χ1n) is 3.47. The van der Waals surface area contributed by atoms with Gasteiger partial charge in [-0.25, -0.2) is 4.79 Å². The Hall–Kier alpha value is -1.13. The van der Waals surface area contributed by atoms with Crippen LogP contribution in [-0.2, 0) is 0 Å². The molecule has 0 heterocycles. The average molecular weight is 237 g/mol. The monoisotopic (exact) mass is 236 g/mol. The van der Waals surface area contributed by atoms with Gasteiger partial charge in [0.05, 0.1) is 12.1 Å². The summed E-state index contributed by atoms with van der Waals surface area (Å²) in [5.74, 6) is -1.71. The molecule has 0 amide bonds. The quantitative estimate of drug-likeness (QED) is 0.828. The summed E-state index contributed by atoms with van der Waals surface area (Å²) in [4.78, 5) is 10.7. The number of hydrogen-bond acceptors (Lipinski definition) is 3. The molecule has 0 aliphatic carbocycles. The number of phenols is 1. The number of carbonyl (C=O) groups is 1. The van der Waals surface area contributed by atoms with Crippen molar-refractivity contribution in [3.05, 3.63) is 21.7 Å². The van der Waals surface area contributed by atoms with E-state index in [1.165, 1.54) is 13.2 Å². The summed E-state index contributed by atoms with van der Waals surface area (Å²) in [6.07, 6.45) is 0. The van der Waals surface area contributed by atoms with Gasteiger partial charge in [0.1, 0.15) is 10.6 Å². The first-order valence-corrected chi connectivity index (χ1v) is 4.22. The predicted molar refractivity (Wildman–Crippen MR) is 51.6 cm³/mol. The van der Waals surface area contributed by atoms with Crippen LogP contribution in [0.1, 0.15) is 10.4 Å². The molecular weight excluding hydrogens is 231 g/mol. The Morgan fingerprint density at radius 3 is 2.50 bits per heavy atom. The van der Waals surface area contributed by atoms with E-state index >= 15 is 0 Å². The van der Waals surface area contributed by atoms with Crippen molar-refractivity contribution in [2.45, 2.75) is 0 Å². The number of hydrogen-bond donors (Lipinski definition) is 2. The van der Waals surface area contributed by atoms with Crippen molar-refractivity contribution in [2.24, 2.45) is 0 Å². The van der Waals surface area contributed by atoms with Crippen molar-refractivity contribution >= 4 is 29.2 Å². The van der Waals surface area contributed by atoms with Crippen LogP contribution in [0.25, 0.3) is 0 Å². The van der Waals surface area contributed by atoms with Gasteiger partial charge < -0.3 is 14.9 Å². The van der Waals surface area contributed by atoms with Crippen molar-refractivity contribution in [1.29, 1.82) is 0 Å². The molecule has 0 saturated heterocycles. The second-order valence-electron chi connectivity index (χ2n) is 2.40. The number of ether oxygens (including phenoxy) is 1. The average Bonchev–Trinajstić information content (AvgIpc) is 2.10. The zero-order valence-corrected chi connectivity index (χ0v) is 8.56. The van der Waals surface area contributed by atoms with Crippen LogP contribution >= 0.6 is 23.2 Å². The molecule has 0 atom stereocenters. The van der Waals surface area contributed by atoms with Crippen LogP contribution in [0.5, 0.6) is 11.5 Å². The van der Waals surface area contributed by atoms with Crippen LogP contribution in [0.2, 0.25) is 10.0 Å². The van der Waals surface area contributed by atoms with Gasteiger partial charge in [-0.2, -0.15) is 0 Å². The zero-order valence-electron chi connectivity index (χ0n) is 7.04. The number of halogens is 2. The third kappa shape index (κ3) is 1.71. The first-order chi connectivity index (χ1) is 6.49. The molecule has 4 nitrogen and oxygen atoms in total. The number of carboxylic acids is 1. The van der Waals surface area contributed by atoms with Gasteiger partial charge in [0.25, 0.3) is 0 Å². The molecule has 0 fully saturated rings. The highest BCUT2D eigenvalue weighted by molar-refractivity contribution is 6.40. The number of rotatable bonds is 2. The molecular formula is C8H6Cl2O4. The van der Waals surface area contributed by atoms with E-state index in [0.29, 0.717) is 0 Å². The molecule has 0 spiro atoms. The fraction of sp³-hybridized carbons (Fsp3) is 0.125. The third-order valence-electron chi connectivity index (χ3n) is 1.59. The highest BCUT2D eigenvalue weighted by Gasteiger charge is 2.20. The molecule has 14 heavy (non-hydrogen) atoms. The van der Waals surface area contributed by atoms with E-state index in [2.05, 4.69) is 0 Å². The van der Waals surface area contributed by atoms with Gasteiger partial charge in [-0.05, 0) is 0 Å². The molecule has 76 valence electrons. The Morgan fingerprint density at radius 2 is 2.07 bits per heavy atom.